The van der Waals surface area contributed by atoms with Crippen molar-refractivity contribution in [1.82, 2.24) is 5.32 Å². The van der Waals surface area contributed by atoms with Crippen molar-refractivity contribution in [2.45, 2.75) is 46.1 Å². The number of aliphatic carboxylic acids is 1. The molecule has 0 bridgehead atoms. The van der Waals surface area contributed by atoms with Crippen LogP contribution < -0.4 is 5.32 Å². The number of ether oxygens (including phenoxy) is 1. The molecule has 16 heavy (non-hydrogen) atoms. The van der Waals surface area contributed by atoms with E-state index in [0.29, 0.717) is 13.0 Å². The van der Waals surface area contributed by atoms with Gasteiger partial charge in [0, 0.05) is 6.04 Å². The monoisotopic (exact) mass is 231 g/mol. The van der Waals surface area contributed by atoms with Crippen molar-refractivity contribution in [1.29, 1.82) is 0 Å². The summed E-state index contributed by atoms with van der Waals surface area (Å²) in [6, 6.07) is 0.0139. The van der Waals surface area contributed by atoms with Crippen LogP contribution in [-0.2, 0) is 9.53 Å². The van der Waals surface area contributed by atoms with Gasteiger partial charge in [0.05, 0.1) is 12.5 Å². The highest BCUT2D eigenvalue weighted by Gasteiger charge is 2.12. The first-order valence-corrected chi connectivity index (χ1v) is 5.63. The Morgan fingerprint density at radius 3 is 2.44 bits per heavy atom. The number of hydrogen-bond donors (Lipinski definition) is 2. The molecule has 0 aliphatic heterocycles. The number of carbonyl (C=O) groups is 2. The number of nitrogens with one attached hydrogen (secondary N) is 1. The van der Waals surface area contributed by atoms with Gasteiger partial charge in [-0.3, -0.25) is 4.79 Å². The molecule has 0 fully saturated rings. The maximum Gasteiger partial charge on any atom is 0.407 e. The lowest BCUT2D eigenvalue weighted by molar-refractivity contribution is -0.141. The van der Waals surface area contributed by atoms with E-state index in [2.05, 4.69) is 5.32 Å². The third-order valence-electron chi connectivity index (χ3n) is 2.34. The van der Waals surface area contributed by atoms with Crippen molar-refractivity contribution in [3.63, 3.8) is 0 Å². The van der Waals surface area contributed by atoms with E-state index >= 15 is 0 Å². The average molecular weight is 231 g/mol. The van der Waals surface area contributed by atoms with Crippen molar-refractivity contribution in [3.8, 4) is 0 Å². The van der Waals surface area contributed by atoms with Gasteiger partial charge in [0.15, 0.2) is 0 Å². The number of amides is 1. The third kappa shape index (κ3) is 7.09. The normalized spacial score (nSPS) is 13.9. The average Bonchev–Trinajstić information content (AvgIpc) is 2.17. The Labute approximate surface area is 96.2 Å². The third-order valence-corrected chi connectivity index (χ3v) is 2.34. The van der Waals surface area contributed by atoms with Crippen molar-refractivity contribution in [2.75, 3.05) is 6.61 Å². The lowest BCUT2D eigenvalue weighted by atomic mass is 10.0. The summed E-state index contributed by atoms with van der Waals surface area (Å²) in [4.78, 5) is 21.6. The molecule has 0 saturated carbocycles. The highest BCUT2D eigenvalue weighted by atomic mass is 16.5. The zero-order valence-electron chi connectivity index (χ0n) is 10.2. The largest absolute Gasteiger partial charge is 0.481 e. The highest BCUT2D eigenvalue weighted by molar-refractivity contribution is 5.69. The van der Waals surface area contributed by atoms with Crippen LogP contribution in [0, 0.1) is 5.92 Å². The van der Waals surface area contributed by atoms with Gasteiger partial charge in [0.2, 0.25) is 0 Å². The summed E-state index contributed by atoms with van der Waals surface area (Å²) >= 11 is 0. The van der Waals surface area contributed by atoms with Crippen LogP contribution in [0.5, 0.6) is 0 Å². The molecule has 0 radical (unpaired) electrons. The zero-order chi connectivity index (χ0) is 12.6. The topological polar surface area (TPSA) is 75.6 Å². The van der Waals surface area contributed by atoms with E-state index in [9.17, 15) is 9.59 Å². The first kappa shape index (κ1) is 14.7. The molecule has 2 N–H and O–H groups in total. The highest BCUT2D eigenvalue weighted by Crippen LogP contribution is 2.09. The molecule has 0 aromatic rings. The predicted octanol–water partition coefficient (Wildman–Crippen LogP) is 2.01. The minimum absolute atomic E-state index is 0.0139. The zero-order valence-corrected chi connectivity index (χ0v) is 10.2. The molecule has 2 atom stereocenters. The van der Waals surface area contributed by atoms with Crippen LogP contribution in [0.25, 0.3) is 0 Å². The van der Waals surface area contributed by atoms with Crippen LogP contribution in [0.2, 0.25) is 0 Å². The van der Waals surface area contributed by atoms with Crippen molar-refractivity contribution in [2.24, 2.45) is 5.92 Å². The lowest BCUT2D eigenvalue weighted by Gasteiger charge is -2.14. The van der Waals surface area contributed by atoms with Gasteiger partial charge in [-0.25, -0.2) is 4.79 Å². The molecule has 0 aromatic heterocycles. The van der Waals surface area contributed by atoms with E-state index in [0.717, 1.165) is 12.8 Å². The minimum atomic E-state index is -0.772. The SMILES string of the molecule is CCOC(=O)NC(C)CCCC(C)C(=O)O. The van der Waals surface area contributed by atoms with Gasteiger partial charge in [-0.2, -0.15) is 0 Å². The van der Waals surface area contributed by atoms with Gasteiger partial charge in [-0.15, -0.1) is 0 Å². The number of carboxylic acid groups (broad SMARTS) is 1. The van der Waals surface area contributed by atoms with E-state index in [1.54, 1.807) is 13.8 Å². The van der Waals surface area contributed by atoms with Crippen LogP contribution >= 0.6 is 0 Å². The molecular weight excluding hydrogens is 210 g/mol. The molecular formula is C11H21NO4. The van der Waals surface area contributed by atoms with E-state index in [4.69, 9.17) is 9.84 Å². The first-order valence-electron chi connectivity index (χ1n) is 5.63. The number of carbonyl (C=O) groups excluding carboxylic acids is 1. The number of rotatable bonds is 7. The van der Waals surface area contributed by atoms with E-state index in [1.807, 2.05) is 6.92 Å². The molecule has 2 unspecified atom stereocenters. The second kappa shape index (κ2) is 7.96. The Morgan fingerprint density at radius 2 is 1.94 bits per heavy atom. The molecule has 0 spiro atoms. The smallest absolute Gasteiger partial charge is 0.407 e. The van der Waals surface area contributed by atoms with Gasteiger partial charge in [0.25, 0.3) is 0 Å². The van der Waals surface area contributed by atoms with Gasteiger partial charge < -0.3 is 15.2 Å². The van der Waals surface area contributed by atoms with Gasteiger partial charge >= 0.3 is 12.1 Å². The Morgan fingerprint density at radius 1 is 1.31 bits per heavy atom. The summed E-state index contributed by atoms with van der Waals surface area (Å²) in [5.41, 5.74) is 0. The van der Waals surface area contributed by atoms with Crippen LogP contribution in [0.15, 0.2) is 0 Å². The molecule has 0 aliphatic carbocycles. The van der Waals surface area contributed by atoms with E-state index in [-0.39, 0.29) is 12.0 Å². The Kier molecular flexibility index (Phi) is 7.33. The molecule has 0 heterocycles. The van der Waals surface area contributed by atoms with Gasteiger partial charge in [0.1, 0.15) is 0 Å². The summed E-state index contributed by atoms with van der Waals surface area (Å²) in [5.74, 6) is -1.10. The summed E-state index contributed by atoms with van der Waals surface area (Å²) in [5, 5.41) is 11.3. The number of alkyl carbamates (subject to hydrolysis) is 1. The molecule has 0 aromatic carbocycles. The fourth-order valence-corrected chi connectivity index (χ4v) is 1.30. The second-order valence-electron chi connectivity index (χ2n) is 3.94. The van der Waals surface area contributed by atoms with Crippen LogP contribution in [0.4, 0.5) is 4.79 Å². The first-order chi connectivity index (χ1) is 7.47. The lowest BCUT2D eigenvalue weighted by Crippen LogP contribution is -2.33. The molecule has 1 amide bonds. The maximum absolute atomic E-state index is 11.0. The van der Waals surface area contributed by atoms with Crippen LogP contribution in [0.1, 0.15) is 40.0 Å². The molecule has 94 valence electrons. The summed E-state index contributed by atoms with van der Waals surface area (Å²) in [7, 11) is 0. The van der Waals surface area contributed by atoms with Gasteiger partial charge in [-0.1, -0.05) is 13.3 Å². The van der Waals surface area contributed by atoms with E-state index in [1.165, 1.54) is 0 Å². The quantitative estimate of drug-likeness (QED) is 0.702. The Bertz CT molecular complexity index is 230. The minimum Gasteiger partial charge on any atom is -0.481 e. The van der Waals surface area contributed by atoms with Crippen molar-refractivity contribution in [3.05, 3.63) is 0 Å². The number of hydrogen-bond acceptors (Lipinski definition) is 3. The van der Waals surface area contributed by atoms with Crippen molar-refractivity contribution >= 4 is 12.1 Å². The Hall–Kier alpha value is -1.26. The van der Waals surface area contributed by atoms with E-state index < -0.39 is 12.1 Å². The Balaban J connectivity index is 3.61. The molecule has 5 nitrogen and oxygen atoms in total. The maximum atomic E-state index is 11.0. The fraction of sp³-hybridized carbons (Fsp3) is 0.818. The summed E-state index contributed by atoms with van der Waals surface area (Å²) in [6.45, 7) is 5.67. The number of carboxylic acids is 1. The molecule has 0 saturated heterocycles. The van der Waals surface area contributed by atoms with Gasteiger partial charge in [-0.05, 0) is 26.7 Å². The molecule has 0 aliphatic rings. The fourth-order valence-electron chi connectivity index (χ4n) is 1.30. The second-order valence-corrected chi connectivity index (χ2v) is 3.94. The van der Waals surface area contributed by atoms with Crippen LogP contribution in [0.3, 0.4) is 0 Å². The molecule has 5 heteroatoms. The molecule has 0 rings (SSSR count). The summed E-state index contributed by atoms with van der Waals surface area (Å²) < 4.78 is 4.73. The standard InChI is InChI=1S/C11H21NO4/c1-4-16-11(15)12-9(3)7-5-6-8(2)10(13)14/h8-9H,4-7H2,1-3H3,(H,12,15)(H,13,14). The predicted molar refractivity (Wildman–Crippen MR) is 60.3 cm³/mol. The van der Waals surface area contributed by atoms with Crippen molar-refractivity contribution < 1.29 is 19.4 Å². The summed E-state index contributed by atoms with van der Waals surface area (Å²) in [6.07, 6.45) is 1.75. The van der Waals surface area contributed by atoms with Crippen LogP contribution in [-0.4, -0.2) is 29.8 Å².